The fraction of sp³-hybridized carbons (Fsp3) is 0.0625. The Kier molecular flexibility index (Phi) is 5.31. The number of urea groups is 1. The maximum absolute atomic E-state index is 12.5. The van der Waals surface area contributed by atoms with E-state index < -0.39 is 23.3 Å². The number of benzene rings is 2. The van der Waals surface area contributed by atoms with Crippen LogP contribution >= 0.6 is 0 Å². The monoisotopic (exact) mass is 320 g/mol. The molecule has 0 saturated carbocycles. The topological polar surface area (TPSA) is 75.3 Å². The summed E-state index contributed by atoms with van der Waals surface area (Å²) < 4.78 is 0. The van der Waals surface area contributed by atoms with Crippen LogP contribution in [0.4, 0.5) is 4.79 Å². The van der Waals surface area contributed by atoms with Gasteiger partial charge in [-0.15, -0.1) is 0 Å². The van der Waals surface area contributed by atoms with Crippen LogP contribution in [0.25, 0.3) is 0 Å². The van der Waals surface area contributed by atoms with Crippen LogP contribution in [0.2, 0.25) is 0 Å². The third-order valence-electron chi connectivity index (χ3n) is 3.55. The van der Waals surface area contributed by atoms with Crippen LogP contribution in [0.15, 0.2) is 60.7 Å². The van der Waals surface area contributed by atoms with Crippen LogP contribution in [-0.4, -0.2) is 69.2 Å². The number of hydrogen-bond acceptors (Lipinski definition) is 3. The fourth-order valence-corrected chi connectivity index (χ4v) is 2.60. The average molecular weight is 320 g/mol. The van der Waals surface area contributed by atoms with E-state index in [-0.39, 0.29) is 51.4 Å². The number of rotatable bonds is 2. The SMILES string of the molecule is O=C1NC(=O)C(c2ccccc2)(c2ccccc2)C(=O)N1.[KH]. The minimum absolute atomic E-state index is 0. The summed E-state index contributed by atoms with van der Waals surface area (Å²) in [5, 5.41) is 4.38. The second-order valence-electron chi connectivity index (χ2n) is 4.72. The summed E-state index contributed by atoms with van der Waals surface area (Å²) in [5.41, 5.74) is -0.534. The number of imide groups is 2. The molecule has 4 amide bonds. The fourth-order valence-electron chi connectivity index (χ4n) is 2.60. The standard InChI is InChI=1S/C16H12N2O3.K.H/c19-13-16(11-7-3-1-4-8-11,12-9-5-2-6-10-12)14(20)18-15(21)17-13;;/h1-10H,(H2,17,18,19,20,21);;. The summed E-state index contributed by atoms with van der Waals surface area (Å²) >= 11 is 0. The first-order valence-corrected chi connectivity index (χ1v) is 6.43. The van der Waals surface area contributed by atoms with Gasteiger partial charge in [0, 0.05) is 0 Å². The Labute approximate surface area is 169 Å². The zero-order valence-electron chi connectivity index (χ0n) is 11.0. The average Bonchev–Trinajstić information content (AvgIpc) is 2.49. The van der Waals surface area contributed by atoms with Crippen molar-refractivity contribution < 1.29 is 14.4 Å². The van der Waals surface area contributed by atoms with Crippen molar-refractivity contribution in [3.63, 3.8) is 0 Å². The first kappa shape index (κ1) is 17.0. The van der Waals surface area contributed by atoms with Gasteiger partial charge < -0.3 is 0 Å². The molecular weight excluding hydrogens is 307 g/mol. The van der Waals surface area contributed by atoms with E-state index in [0.29, 0.717) is 11.1 Å². The molecule has 0 atom stereocenters. The van der Waals surface area contributed by atoms with Gasteiger partial charge in [-0.2, -0.15) is 0 Å². The Hall–Kier alpha value is -1.31. The van der Waals surface area contributed by atoms with Crippen LogP contribution in [0.5, 0.6) is 0 Å². The first-order valence-electron chi connectivity index (χ1n) is 6.43. The van der Waals surface area contributed by atoms with Crippen molar-refractivity contribution in [1.29, 1.82) is 0 Å². The zero-order chi connectivity index (χ0) is 14.9. The molecule has 22 heavy (non-hydrogen) atoms. The second-order valence-corrected chi connectivity index (χ2v) is 4.72. The summed E-state index contributed by atoms with van der Waals surface area (Å²) in [6.07, 6.45) is 0. The zero-order valence-corrected chi connectivity index (χ0v) is 11.0. The molecule has 0 spiro atoms. The molecule has 5 nitrogen and oxygen atoms in total. The van der Waals surface area contributed by atoms with Gasteiger partial charge in [-0.05, 0) is 11.1 Å². The van der Waals surface area contributed by atoms with E-state index in [1.165, 1.54) is 0 Å². The predicted octanol–water partition coefficient (Wildman–Crippen LogP) is 0.690. The molecule has 1 aliphatic heterocycles. The Bertz CT molecular complexity index is 655. The minimum atomic E-state index is -1.56. The van der Waals surface area contributed by atoms with E-state index in [2.05, 4.69) is 10.6 Å². The van der Waals surface area contributed by atoms with Crippen LogP contribution in [0.1, 0.15) is 11.1 Å². The molecule has 0 aliphatic carbocycles. The van der Waals surface area contributed by atoms with Gasteiger partial charge in [-0.3, -0.25) is 20.2 Å². The number of hydrogen-bond donors (Lipinski definition) is 2. The molecule has 1 saturated heterocycles. The van der Waals surface area contributed by atoms with Gasteiger partial charge in [-0.25, -0.2) is 4.79 Å². The molecule has 0 unspecified atom stereocenters. The third-order valence-corrected chi connectivity index (χ3v) is 3.55. The van der Waals surface area contributed by atoms with Gasteiger partial charge in [0.25, 0.3) is 11.8 Å². The quantitative estimate of drug-likeness (QED) is 0.631. The molecule has 2 N–H and O–H groups in total. The van der Waals surface area contributed by atoms with Gasteiger partial charge in [0.2, 0.25) is 0 Å². The summed E-state index contributed by atoms with van der Waals surface area (Å²) in [5.74, 6) is -1.29. The van der Waals surface area contributed by atoms with E-state index in [1.807, 2.05) is 0 Å². The number of nitrogens with one attached hydrogen (secondary N) is 2. The predicted molar refractivity (Wildman–Crippen MR) is 82.5 cm³/mol. The van der Waals surface area contributed by atoms with E-state index in [1.54, 1.807) is 60.7 Å². The van der Waals surface area contributed by atoms with Gasteiger partial charge in [0.1, 0.15) is 0 Å². The van der Waals surface area contributed by atoms with Gasteiger partial charge in [0.05, 0.1) is 0 Å². The van der Waals surface area contributed by atoms with Crippen LogP contribution in [-0.2, 0) is 15.0 Å². The first-order chi connectivity index (χ1) is 10.2. The Morgan fingerprint density at radius 1 is 0.636 bits per heavy atom. The Balaban J connectivity index is 0.00000176. The summed E-state index contributed by atoms with van der Waals surface area (Å²) in [4.78, 5) is 36.5. The van der Waals surface area contributed by atoms with Crippen molar-refractivity contribution >= 4 is 69.2 Å². The molecule has 0 radical (unpaired) electrons. The number of carbonyl (C=O) groups excluding carboxylic acids is 3. The number of barbiturate groups is 1. The van der Waals surface area contributed by atoms with Crippen molar-refractivity contribution in [3.05, 3.63) is 71.8 Å². The van der Waals surface area contributed by atoms with Crippen LogP contribution < -0.4 is 10.6 Å². The number of carbonyl (C=O) groups is 3. The molecule has 6 heteroatoms. The van der Waals surface area contributed by atoms with Crippen molar-refractivity contribution in [2.75, 3.05) is 0 Å². The van der Waals surface area contributed by atoms with Gasteiger partial charge in [-0.1, -0.05) is 60.7 Å². The van der Waals surface area contributed by atoms with Crippen LogP contribution in [0.3, 0.4) is 0 Å². The Morgan fingerprint density at radius 2 is 1.00 bits per heavy atom. The van der Waals surface area contributed by atoms with Crippen molar-refractivity contribution in [2.45, 2.75) is 5.41 Å². The van der Waals surface area contributed by atoms with E-state index in [4.69, 9.17) is 0 Å². The molecule has 106 valence electrons. The molecule has 3 rings (SSSR count). The Morgan fingerprint density at radius 3 is 1.36 bits per heavy atom. The van der Waals surface area contributed by atoms with Crippen molar-refractivity contribution in [3.8, 4) is 0 Å². The van der Waals surface area contributed by atoms with Crippen LogP contribution in [0, 0.1) is 0 Å². The molecule has 2 aromatic carbocycles. The molecule has 0 aromatic heterocycles. The molecule has 1 heterocycles. The molecule has 1 aliphatic rings. The second kappa shape index (κ2) is 6.85. The van der Waals surface area contributed by atoms with Crippen molar-refractivity contribution in [2.24, 2.45) is 0 Å². The van der Waals surface area contributed by atoms with E-state index in [0.717, 1.165) is 0 Å². The number of amides is 4. The molecular formula is C16H13KN2O3. The normalized spacial score (nSPS) is 16.3. The van der Waals surface area contributed by atoms with Gasteiger partial charge >= 0.3 is 57.4 Å². The molecule has 2 aromatic rings. The molecule has 1 fully saturated rings. The summed E-state index contributed by atoms with van der Waals surface area (Å²) in [6.45, 7) is 0. The third kappa shape index (κ3) is 2.68. The van der Waals surface area contributed by atoms with Crippen molar-refractivity contribution in [1.82, 2.24) is 10.6 Å². The summed E-state index contributed by atoms with van der Waals surface area (Å²) in [7, 11) is 0. The van der Waals surface area contributed by atoms with E-state index >= 15 is 0 Å². The molecule has 0 bridgehead atoms. The van der Waals surface area contributed by atoms with E-state index in [9.17, 15) is 14.4 Å². The summed E-state index contributed by atoms with van der Waals surface area (Å²) in [6, 6.07) is 16.6. The van der Waals surface area contributed by atoms with Gasteiger partial charge in [0.15, 0.2) is 5.41 Å². The maximum atomic E-state index is 12.5.